The van der Waals surface area contributed by atoms with Crippen molar-refractivity contribution < 1.29 is 18.7 Å². The minimum absolute atomic E-state index is 0.0384. The molecule has 1 aliphatic rings. The molecule has 0 bridgehead atoms. The van der Waals surface area contributed by atoms with E-state index in [2.05, 4.69) is 26.3 Å². The van der Waals surface area contributed by atoms with Gasteiger partial charge in [0.05, 0.1) is 18.4 Å². The number of carbonyl (C=O) groups is 2. The van der Waals surface area contributed by atoms with E-state index in [1.807, 2.05) is 42.5 Å². The van der Waals surface area contributed by atoms with Gasteiger partial charge in [0.1, 0.15) is 0 Å². The molecule has 0 radical (unpaired) electrons. The number of urea groups is 1. The number of hydrogen-bond acceptors (Lipinski definition) is 4. The Kier molecular flexibility index (Phi) is 6.10. The quantitative estimate of drug-likeness (QED) is 0.215. The van der Waals surface area contributed by atoms with Crippen LogP contribution in [0.2, 0.25) is 0 Å². The second-order valence-electron chi connectivity index (χ2n) is 8.03. The second-order valence-corrected chi connectivity index (χ2v) is 8.03. The van der Waals surface area contributed by atoms with E-state index in [4.69, 9.17) is 4.74 Å². The zero-order valence-electron chi connectivity index (χ0n) is 19.2. The predicted molar refractivity (Wildman–Crippen MR) is 139 cm³/mol. The molecule has 1 aromatic heterocycles. The summed E-state index contributed by atoms with van der Waals surface area (Å²) in [5.41, 5.74) is 5.44. The van der Waals surface area contributed by atoms with E-state index in [0.717, 1.165) is 22.6 Å². The largest absolute Gasteiger partial charge is 0.494 e. The van der Waals surface area contributed by atoms with Crippen LogP contribution >= 0.6 is 0 Å². The lowest BCUT2D eigenvalue weighted by Gasteiger charge is -2.12. The number of nitrogens with one attached hydrogen (secondary N) is 5. The lowest BCUT2D eigenvalue weighted by molar-refractivity contribution is -0.110. The number of aromatic amines is 1. The van der Waals surface area contributed by atoms with Gasteiger partial charge < -0.3 is 31.0 Å². The van der Waals surface area contributed by atoms with Crippen molar-refractivity contribution in [2.75, 3.05) is 28.4 Å². The Balaban J connectivity index is 1.27. The summed E-state index contributed by atoms with van der Waals surface area (Å²) in [7, 11) is 1.36. The summed E-state index contributed by atoms with van der Waals surface area (Å²) in [6.45, 7) is 0. The van der Waals surface area contributed by atoms with Gasteiger partial charge in [-0.2, -0.15) is 0 Å². The maximum atomic E-state index is 13.6. The molecule has 0 fully saturated rings. The van der Waals surface area contributed by atoms with Crippen LogP contribution in [-0.4, -0.2) is 24.0 Å². The molecule has 8 nitrogen and oxygen atoms in total. The Hall–Kier alpha value is -5.05. The van der Waals surface area contributed by atoms with Gasteiger partial charge in [0.15, 0.2) is 11.6 Å². The fourth-order valence-electron chi connectivity index (χ4n) is 3.88. The van der Waals surface area contributed by atoms with Gasteiger partial charge in [0, 0.05) is 46.3 Å². The van der Waals surface area contributed by atoms with Gasteiger partial charge in [0.2, 0.25) is 0 Å². The van der Waals surface area contributed by atoms with E-state index in [1.54, 1.807) is 24.4 Å². The van der Waals surface area contributed by atoms with Crippen molar-refractivity contribution in [2.45, 2.75) is 0 Å². The SMILES string of the molecule is COc1cc(NC(=O)Nc2cccc(Nc3ccc4c(c3)NC(=O)/C4=C\c3ccc[nH]3)c2)ccc1F. The van der Waals surface area contributed by atoms with Crippen molar-refractivity contribution in [1.82, 2.24) is 4.98 Å². The fraction of sp³-hybridized carbons (Fsp3) is 0.0370. The number of fused-ring (bicyclic) bond motifs is 1. The second kappa shape index (κ2) is 9.67. The first-order chi connectivity index (χ1) is 17.5. The third-order valence-electron chi connectivity index (χ3n) is 5.54. The number of rotatable bonds is 6. The van der Waals surface area contributed by atoms with Crippen LogP contribution in [0.4, 0.5) is 37.6 Å². The van der Waals surface area contributed by atoms with Crippen LogP contribution in [0.5, 0.6) is 5.75 Å². The van der Waals surface area contributed by atoms with Crippen LogP contribution in [0.3, 0.4) is 0 Å². The summed E-state index contributed by atoms with van der Waals surface area (Å²) in [6.07, 6.45) is 3.62. The Morgan fingerprint density at radius 3 is 2.44 bits per heavy atom. The lowest BCUT2D eigenvalue weighted by Crippen LogP contribution is -2.19. The maximum absolute atomic E-state index is 13.6. The molecular weight excluding hydrogens is 461 g/mol. The molecule has 36 heavy (non-hydrogen) atoms. The van der Waals surface area contributed by atoms with E-state index >= 15 is 0 Å². The van der Waals surface area contributed by atoms with Gasteiger partial charge in [0.25, 0.3) is 5.91 Å². The topological polar surface area (TPSA) is 107 Å². The zero-order valence-corrected chi connectivity index (χ0v) is 19.2. The third kappa shape index (κ3) is 4.90. The zero-order chi connectivity index (χ0) is 25.1. The summed E-state index contributed by atoms with van der Waals surface area (Å²) >= 11 is 0. The normalized spacial score (nSPS) is 13.2. The number of benzene rings is 3. The summed E-state index contributed by atoms with van der Waals surface area (Å²) in [5.74, 6) is -0.634. The minimum atomic E-state index is -0.513. The molecule has 0 unspecified atom stereocenters. The van der Waals surface area contributed by atoms with Gasteiger partial charge in [-0.1, -0.05) is 12.1 Å². The van der Waals surface area contributed by atoms with Crippen LogP contribution in [0.25, 0.3) is 11.6 Å². The predicted octanol–water partition coefficient (Wildman–Crippen LogP) is 6.04. The molecule has 0 saturated carbocycles. The monoisotopic (exact) mass is 483 g/mol. The molecular formula is C27H22FN5O3. The number of methoxy groups -OCH3 is 1. The first-order valence-corrected chi connectivity index (χ1v) is 11.1. The average Bonchev–Trinajstić information content (AvgIpc) is 3.48. The Labute approximate surface area is 206 Å². The number of hydrogen-bond donors (Lipinski definition) is 5. The number of aromatic nitrogens is 1. The standard InChI is InChI=1S/C27H22FN5O3/c1-36-25-15-20(8-10-23(25)28)32-27(35)31-18-5-2-4-17(12-18)30-19-7-9-21-22(13-16-6-3-11-29-16)26(34)33-24(21)14-19/h2-15,29-30H,1H3,(H,33,34)(H2,31,32,35)/b22-13-. The fourth-order valence-corrected chi connectivity index (χ4v) is 3.88. The van der Waals surface area contributed by atoms with Crippen LogP contribution in [-0.2, 0) is 4.79 Å². The summed E-state index contributed by atoms with van der Waals surface area (Å²) in [6, 6.07) is 20.2. The third-order valence-corrected chi connectivity index (χ3v) is 5.54. The van der Waals surface area contributed by atoms with Crippen molar-refractivity contribution >= 4 is 52.0 Å². The smallest absolute Gasteiger partial charge is 0.323 e. The summed E-state index contributed by atoms with van der Waals surface area (Å²) in [5, 5.41) is 11.6. The number of halogens is 1. The molecule has 0 atom stereocenters. The molecule has 3 amide bonds. The summed E-state index contributed by atoms with van der Waals surface area (Å²) < 4.78 is 18.5. The van der Waals surface area contributed by atoms with Gasteiger partial charge >= 0.3 is 6.03 Å². The van der Waals surface area contributed by atoms with E-state index in [-0.39, 0.29) is 11.7 Å². The molecule has 0 saturated heterocycles. The molecule has 5 rings (SSSR count). The van der Waals surface area contributed by atoms with Crippen molar-refractivity contribution in [1.29, 1.82) is 0 Å². The molecule has 3 aromatic carbocycles. The molecule has 0 aliphatic carbocycles. The van der Waals surface area contributed by atoms with Gasteiger partial charge in [-0.15, -0.1) is 0 Å². The minimum Gasteiger partial charge on any atom is -0.494 e. The van der Waals surface area contributed by atoms with E-state index in [1.165, 1.54) is 25.3 Å². The molecule has 1 aliphatic heterocycles. The van der Waals surface area contributed by atoms with Gasteiger partial charge in [-0.25, -0.2) is 9.18 Å². The number of H-pyrrole nitrogens is 1. The number of amides is 3. The Morgan fingerprint density at radius 2 is 1.67 bits per heavy atom. The highest BCUT2D eigenvalue weighted by Crippen LogP contribution is 2.35. The van der Waals surface area contributed by atoms with Crippen LogP contribution < -0.4 is 26.0 Å². The molecule has 0 spiro atoms. The molecule has 4 aromatic rings. The van der Waals surface area contributed by atoms with Crippen molar-refractivity contribution in [3.8, 4) is 5.75 Å². The highest BCUT2D eigenvalue weighted by Gasteiger charge is 2.24. The van der Waals surface area contributed by atoms with Crippen molar-refractivity contribution in [3.63, 3.8) is 0 Å². The highest BCUT2D eigenvalue weighted by atomic mass is 19.1. The molecule has 2 heterocycles. The van der Waals surface area contributed by atoms with E-state index in [0.29, 0.717) is 22.6 Å². The summed E-state index contributed by atoms with van der Waals surface area (Å²) in [4.78, 5) is 28.0. The van der Waals surface area contributed by atoms with Crippen molar-refractivity contribution in [3.05, 3.63) is 96.1 Å². The maximum Gasteiger partial charge on any atom is 0.323 e. The first kappa shape index (κ1) is 22.7. The van der Waals surface area contributed by atoms with Gasteiger partial charge in [-0.05, 0) is 60.7 Å². The number of ether oxygens (including phenoxy) is 1. The highest BCUT2D eigenvalue weighted by molar-refractivity contribution is 6.35. The van der Waals surface area contributed by atoms with Crippen LogP contribution in [0, 0.1) is 5.82 Å². The number of anilines is 5. The van der Waals surface area contributed by atoms with Gasteiger partial charge in [-0.3, -0.25) is 4.79 Å². The first-order valence-electron chi connectivity index (χ1n) is 11.1. The van der Waals surface area contributed by atoms with Crippen LogP contribution in [0.1, 0.15) is 11.3 Å². The Morgan fingerprint density at radius 1 is 0.917 bits per heavy atom. The average molecular weight is 484 g/mol. The molecule has 5 N–H and O–H groups in total. The van der Waals surface area contributed by atoms with Crippen molar-refractivity contribution in [2.24, 2.45) is 0 Å². The van der Waals surface area contributed by atoms with E-state index < -0.39 is 11.8 Å². The Bertz CT molecular complexity index is 1480. The molecule has 180 valence electrons. The van der Waals surface area contributed by atoms with E-state index in [9.17, 15) is 14.0 Å². The number of carbonyl (C=O) groups excluding carboxylic acids is 2. The van der Waals surface area contributed by atoms with Crippen LogP contribution in [0.15, 0.2) is 79.0 Å². The lowest BCUT2D eigenvalue weighted by atomic mass is 10.1. The molecule has 9 heteroatoms.